The summed E-state index contributed by atoms with van der Waals surface area (Å²) in [5.74, 6) is 0.349. The minimum Gasteiger partial charge on any atom is -0.465 e. The van der Waals surface area contributed by atoms with Crippen LogP contribution in [0.15, 0.2) is 93.7 Å². The number of hydrogen-bond acceptors (Lipinski definition) is 6. The van der Waals surface area contributed by atoms with E-state index < -0.39 is 11.9 Å². The standard InChI is InChI=1S/C31H32N2O4/c1-19-10-15-27(37-19)30-28(31(35)36-18-21-8-6-5-7-9-21)20(2)32-25-16-23(17-26(34)29(25)30)22-11-13-24(14-12-22)33(3)4/h5-15,23,30,32H,16-18H2,1-4H3/t23-,30+/m1/s1. The van der Waals surface area contributed by atoms with Crippen molar-refractivity contribution in [1.82, 2.24) is 5.32 Å². The van der Waals surface area contributed by atoms with Gasteiger partial charge in [0.25, 0.3) is 0 Å². The lowest BCUT2D eigenvalue weighted by Crippen LogP contribution is -2.36. The van der Waals surface area contributed by atoms with E-state index in [-0.39, 0.29) is 18.3 Å². The Hall–Kier alpha value is -4.06. The lowest BCUT2D eigenvalue weighted by atomic mass is 9.73. The average molecular weight is 497 g/mol. The van der Waals surface area contributed by atoms with Crippen molar-refractivity contribution in [3.8, 4) is 0 Å². The summed E-state index contributed by atoms with van der Waals surface area (Å²) < 4.78 is 11.7. The minimum absolute atomic E-state index is 0.0235. The van der Waals surface area contributed by atoms with Crippen molar-refractivity contribution >= 4 is 17.4 Å². The molecule has 0 unspecified atom stereocenters. The third-order valence-corrected chi connectivity index (χ3v) is 7.19. The summed E-state index contributed by atoms with van der Waals surface area (Å²) in [6.07, 6.45) is 1.06. The first kappa shape index (κ1) is 24.6. The van der Waals surface area contributed by atoms with E-state index in [4.69, 9.17) is 9.15 Å². The van der Waals surface area contributed by atoms with Crippen molar-refractivity contribution in [3.63, 3.8) is 0 Å². The lowest BCUT2D eigenvalue weighted by molar-refractivity contribution is -0.140. The van der Waals surface area contributed by atoms with Crippen LogP contribution in [-0.2, 0) is 20.9 Å². The van der Waals surface area contributed by atoms with Crippen LogP contribution in [0.25, 0.3) is 0 Å². The topological polar surface area (TPSA) is 71.8 Å². The summed E-state index contributed by atoms with van der Waals surface area (Å²) >= 11 is 0. The van der Waals surface area contributed by atoms with Crippen LogP contribution in [0, 0.1) is 6.92 Å². The number of esters is 1. The Kier molecular flexibility index (Phi) is 6.74. The molecule has 0 fully saturated rings. The van der Waals surface area contributed by atoms with Gasteiger partial charge in [-0.1, -0.05) is 42.5 Å². The smallest absolute Gasteiger partial charge is 0.337 e. The van der Waals surface area contributed by atoms with Gasteiger partial charge in [0.15, 0.2) is 5.78 Å². The van der Waals surface area contributed by atoms with Gasteiger partial charge in [-0.2, -0.15) is 0 Å². The van der Waals surface area contributed by atoms with Gasteiger partial charge in [-0.15, -0.1) is 0 Å². The molecule has 1 N–H and O–H groups in total. The molecule has 2 aromatic carbocycles. The molecule has 37 heavy (non-hydrogen) atoms. The molecule has 1 aliphatic carbocycles. The largest absolute Gasteiger partial charge is 0.465 e. The predicted octanol–water partition coefficient (Wildman–Crippen LogP) is 5.76. The molecule has 0 amide bonds. The maximum atomic E-state index is 13.7. The third kappa shape index (κ3) is 4.96. The zero-order valence-corrected chi connectivity index (χ0v) is 21.7. The quantitative estimate of drug-likeness (QED) is 0.438. The Morgan fingerprint density at radius 3 is 2.38 bits per heavy atom. The number of furan rings is 1. The summed E-state index contributed by atoms with van der Waals surface area (Å²) in [5, 5.41) is 3.40. The summed E-state index contributed by atoms with van der Waals surface area (Å²) in [4.78, 5) is 29.2. The molecule has 0 spiro atoms. The van der Waals surface area contributed by atoms with Gasteiger partial charge >= 0.3 is 5.97 Å². The van der Waals surface area contributed by atoms with Crippen LogP contribution < -0.4 is 10.2 Å². The van der Waals surface area contributed by atoms with Gasteiger partial charge in [-0.3, -0.25) is 4.79 Å². The Bertz CT molecular complexity index is 1380. The molecule has 3 aromatic rings. The number of benzene rings is 2. The van der Waals surface area contributed by atoms with Crippen molar-refractivity contribution in [2.75, 3.05) is 19.0 Å². The number of nitrogens with one attached hydrogen (secondary N) is 1. The van der Waals surface area contributed by atoms with E-state index in [9.17, 15) is 9.59 Å². The van der Waals surface area contributed by atoms with Crippen LogP contribution >= 0.6 is 0 Å². The second kappa shape index (κ2) is 10.1. The van der Waals surface area contributed by atoms with Gasteiger partial charge in [-0.05, 0) is 61.6 Å². The number of carbonyl (C=O) groups is 2. The fraction of sp³-hybridized carbons (Fsp3) is 0.290. The summed E-state index contributed by atoms with van der Waals surface area (Å²) in [5.41, 5.74) is 5.72. The van der Waals surface area contributed by atoms with Crippen molar-refractivity contribution in [3.05, 3.63) is 112 Å². The molecule has 0 radical (unpaired) electrons. The molecule has 5 rings (SSSR count). The molecular formula is C31H32N2O4. The molecule has 6 heteroatoms. The predicted molar refractivity (Wildman–Crippen MR) is 143 cm³/mol. The van der Waals surface area contributed by atoms with Gasteiger partial charge < -0.3 is 19.4 Å². The Labute approximate surface area is 217 Å². The van der Waals surface area contributed by atoms with Crippen molar-refractivity contribution in [1.29, 1.82) is 0 Å². The van der Waals surface area contributed by atoms with E-state index in [2.05, 4.69) is 34.5 Å². The third-order valence-electron chi connectivity index (χ3n) is 7.19. The number of hydrogen-bond donors (Lipinski definition) is 1. The monoisotopic (exact) mass is 496 g/mol. The second-order valence-electron chi connectivity index (χ2n) is 10.0. The number of dihydropyridines is 1. The molecule has 190 valence electrons. The molecule has 2 aliphatic rings. The maximum Gasteiger partial charge on any atom is 0.337 e. The molecular weight excluding hydrogens is 464 g/mol. The Balaban J connectivity index is 1.47. The summed E-state index contributed by atoms with van der Waals surface area (Å²) in [6.45, 7) is 3.89. The summed E-state index contributed by atoms with van der Waals surface area (Å²) in [7, 11) is 4.02. The van der Waals surface area contributed by atoms with Crippen molar-refractivity contribution < 1.29 is 18.7 Å². The van der Waals surface area contributed by atoms with Gasteiger partial charge in [-0.25, -0.2) is 4.79 Å². The highest BCUT2D eigenvalue weighted by Gasteiger charge is 2.42. The normalized spacial score (nSPS) is 19.4. The molecule has 0 saturated heterocycles. The van der Waals surface area contributed by atoms with Gasteiger partial charge in [0.05, 0.1) is 11.5 Å². The van der Waals surface area contributed by atoms with Crippen LogP contribution in [0.3, 0.4) is 0 Å². The number of Topliss-reactive ketones (excluding diaryl/α,β-unsaturated/α-hetero) is 1. The fourth-order valence-corrected chi connectivity index (χ4v) is 5.28. The number of anilines is 1. The molecule has 0 bridgehead atoms. The second-order valence-corrected chi connectivity index (χ2v) is 10.0. The highest BCUT2D eigenvalue weighted by molar-refractivity contribution is 6.04. The number of allylic oxidation sites excluding steroid dienone is 3. The average Bonchev–Trinajstić information content (AvgIpc) is 3.32. The first-order valence-corrected chi connectivity index (χ1v) is 12.6. The van der Waals surface area contributed by atoms with E-state index in [1.165, 1.54) is 0 Å². The Morgan fingerprint density at radius 2 is 1.73 bits per heavy atom. The van der Waals surface area contributed by atoms with Gasteiger partial charge in [0, 0.05) is 43.2 Å². The fourth-order valence-electron chi connectivity index (χ4n) is 5.28. The SMILES string of the molecule is CC1=C(C(=O)OCc2ccccc2)[C@H](c2ccc(C)o2)C2=C(C[C@@H](c3ccc(N(C)C)cc3)CC2=O)N1. The zero-order valence-electron chi connectivity index (χ0n) is 21.7. The molecule has 6 nitrogen and oxygen atoms in total. The highest BCUT2D eigenvalue weighted by Crippen LogP contribution is 2.46. The van der Waals surface area contributed by atoms with Crippen LogP contribution in [0.2, 0.25) is 0 Å². The molecule has 1 aromatic heterocycles. The van der Waals surface area contributed by atoms with Gasteiger partial charge in [0.2, 0.25) is 0 Å². The van der Waals surface area contributed by atoms with Crippen LogP contribution in [0.5, 0.6) is 0 Å². The van der Waals surface area contributed by atoms with Crippen LogP contribution in [0.1, 0.15) is 54.2 Å². The number of rotatable bonds is 6. The van der Waals surface area contributed by atoms with E-state index in [0.29, 0.717) is 35.4 Å². The molecule has 0 saturated carbocycles. The number of aryl methyl sites for hydroxylation is 1. The van der Waals surface area contributed by atoms with Crippen LogP contribution in [0.4, 0.5) is 5.69 Å². The molecule has 2 atom stereocenters. The van der Waals surface area contributed by atoms with Crippen molar-refractivity contribution in [2.24, 2.45) is 0 Å². The van der Waals surface area contributed by atoms with Gasteiger partial charge in [0.1, 0.15) is 18.1 Å². The minimum atomic E-state index is -0.599. The number of nitrogens with zero attached hydrogens (tertiary/aromatic N) is 1. The maximum absolute atomic E-state index is 13.7. The molecule has 2 heterocycles. The number of carbonyl (C=O) groups excluding carboxylic acids is 2. The Morgan fingerprint density at radius 1 is 1.00 bits per heavy atom. The molecule has 1 aliphatic heterocycles. The van der Waals surface area contributed by atoms with Crippen molar-refractivity contribution in [2.45, 2.75) is 45.1 Å². The zero-order chi connectivity index (χ0) is 26.1. The lowest BCUT2D eigenvalue weighted by Gasteiger charge is -2.35. The van der Waals surface area contributed by atoms with E-state index >= 15 is 0 Å². The van der Waals surface area contributed by atoms with E-state index in [0.717, 1.165) is 28.3 Å². The summed E-state index contributed by atoms with van der Waals surface area (Å²) in [6, 6.07) is 21.7. The van der Waals surface area contributed by atoms with E-state index in [1.807, 2.05) is 70.4 Å². The first-order chi connectivity index (χ1) is 17.8. The van der Waals surface area contributed by atoms with Crippen LogP contribution in [-0.4, -0.2) is 25.8 Å². The van der Waals surface area contributed by atoms with E-state index in [1.54, 1.807) is 0 Å². The highest BCUT2D eigenvalue weighted by atomic mass is 16.5. The first-order valence-electron chi connectivity index (χ1n) is 12.6. The number of ketones is 1. The number of ether oxygens (including phenoxy) is 1.